The number of carbonyl (C=O) groups is 2. The highest BCUT2D eigenvalue weighted by atomic mass is 35.5. The molecule has 1 N–H and O–H groups in total. The van der Waals surface area contributed by atoms with E-state index in [-0.39, 0.29) is 5.78 Å². The summed E-state index contributed by atoms with van der Waals surface area (Å²) in [6.07, 6.45) is 4.27. The monoisotopic (exact) mass is 381 g/mol. The van der Waals surface area contributed by atoms with Crippen LogP contribution < -0.4 is 4.74 Å². The van der Waals surface area contributed by atoms with Crippen molar-refractivity contribution in [1.29, 1.82) is 0 Å². The van der Waals surface area contributed by atoms with Crippen LogP contribution in [0.25, 0.3) is 11.8 Å². The average molecular weight is 382 g/mol. The molecule has 0 spiro atoms. The number of hydrogen-bond acceptors (Lipinski definition) is 3. The Labute approximate surface area is 161 Å². The van der Waals surface area contributed by atoms with Gasteiger partial charge >= 0.3 is 5.97 Å². The summed E-state index contributed by atoms with van der Waals surface area (Å²) in [4.78, 5) is 24.0. The molecule has 6 heteroatoms. The van der Waals surface area contributed by atoms with Gasteiger partial charge in [-0.3, -0.25) is 4.79 Å². The summed E-state index contributed by atoms with van der Waals surface area (Å²) in [7, 11) is 1.51. The molecule has 3 rings (SSSR count). The third-order valence-electron chi connectivity index (χ3n) is 3.99. The van der Waals surface area contributed by atoms with Crippen LogP contribution in [0.1, 0.15) is 21.6 Å². The zero-order valence-electron chi connectivity index (χ0n) is 14.4. The van der Waals surface area contributed by atoms with Gasteiger partial charge in [-0.05, 0) is 48.5 Å². The third-order valence-corrected chi connectivity index (χ3v) is 4.23. The molecular formula is C21H16ClNO4. The summed E-state index contributed by atoms with van der Waals surface area (Å²) in [6, 6.07) is 15.5. The van der Waals surface area contributed by atoms with Gasteiger partial charge in [0, 0.05) is 28.6 Å². The van der Waals surface area contributed by atoms with Crippen molar-refractivity contribution < 1.29 is 19.4 Å². The SMILES string of the molecule is COc1ccccc1C(=O)c1cc(Cl)ccc1-n1cccc1C=CC(=O)O. The molecule has 1 heterocycles. The molecule has 0 fully saturated rings. The fourth-order valence-electron chi connectivity index (χ4n) is 2.78. The van der Waals surface area contributed by atoms with Gasteiger partial charge in [0.1, 0.15) is 5.75 Å². The highest BCUT2D eigenvalue weighted by Crippen LogP contribution is 2.28. The number of carboxylic acids is 1. The standard InChI is InChI=1S/C21H16ClNO4/c1-27-19-7-3-2-6-16(19)21(26)17-13-14(22)8-10-18(17)23-12-4-5-15(23)9-11-20(24)25/h2-13H,1H3,(H,24,25). The molecule has 0 aliphatic heterocycles. The van der Waals surface area contributed by atoms with Crippen LogP contribution in [0.15, 0.2) is 66.9 Å². The number of aliphatic carboxylic acids is 1. The molecule has 0 unspecified atom stereocenters. The van der Waals surface area contributed by atoms with Gasteiger partial charge in [-0.15, -0.1) is 0 Å². The smallest absolute Gasteiger partial charge is 0.328 e. The molecule has 0 radical (unpaired) electrons. The lowest BCUT2D eigenvalue weighted by Gasteiger charge is -2.14. The number of ketones is 1. The first-order chi connectivity index (χ1) is 13.0. The maximum atomic E-state index is 13.2. The number of aromatic nitrogens is 1. The molecule has 136 valence electrons. The van der Waals surface area contributed by atoms with Crippen molar-refractivity contribution in [2.75, 3.05) is 7.11 Å². The van der Waals surface area contributed by atoms with Crippen molar-refractivity contribution in [3.63, 3.8) is 0 Å². The molecule has 0 aliphatic carbocycles. The lowest BCUT2D eigenvalue weighted by Crippen LogP contribution is -2.09. The second-order valence-electron chi connectivity index (χ2n) is 5.67. The third kappa shape index (κ3) is 3.93. The van der Waals surface area contributed by atoms with Gasteiger partial charge in [0.2, 0.25) is 0 Å². The summed E-state index contributed by atoms with van der Waals surface area (Å²) in [5, 5.41) is 9.30. The van der Waals surface area contributed by atoms with E-state index >= 15 is 0 Å². The van der Waals surface area contributed by atoms with E-state index in [1.165, 1.54) is 13.2 Å². The second-order valence-corrected chi connectivity index (χ2v) is 6.10. The van der Waals surface area contributed by atoms with Crippen molar-refractivity contribution in [2.24, 2.45) is 0 Å². The summed E-state index contributed by atoms with van der Waals surface area (Å²) < 4.78 is 7.03. The molecule has 27 heavy (non-hydrogen) atoms. The summed E-state index contributed by atoms with van der Waals surface area (Å²) in [5.74, 6) is -0.831. The lowest BCUT2D eigenvalue weighted by molar-refractivity contribution is -0.131. The van der Waals surface area contributed by atoms with Crippen LogP contribution in [0, 0.1) is 0 Å². The van der Waals surface area contributed by atoms with Crippen molar-refractivity contribution in [2.45, 2.75) is 0 Å². The molecule has 0 aliphatic rings. The molecule has 0 atom stereocenters. The number of carboxylic acid groups (broad SMARTS) is 1. The minimum Gasteiger partial charge on any atom is -0.496 e. The quantitative estimate of drug-likeness (QED) is 0.505. The fraction of sp³-hybridized carbons (Fsp3) is 0.0476. The minimum absolute atomic E-state index is 0.244. The van der Waals surface area contributed by atoms with Crippen molar-refractivity contribution in [1.82, 2.24) is 4.57 Å². The molecule has 2 aromatic carbocycles. The summed E-state index contributed by atoms with van der Waals surface area (Å²) in [5.41, 5.74) is 2.01. The van der Waals surface area contributed by atoms with E-state index in [0.717, 1.165) is 6.08 Å². The largest absolute Gasteiger partial charge is 0.496 e. The van der Waals surface area contributed by atoms with Gasteiger partial charge in [-0.2, -0.15) is 0 Å². The Bertz CT molecular complexity index is 1040. The van der Waals surface area contributed by atoms with Crippen molar-refractivity contribution >= 4 is 29.4 Å². The molecule has 5 nitrogen and oxygen atoms in total. The van der Waals surface area contributed by atoms with Gasteiger partial charge in [0.05, 0.1) is 18.4 Å². The number of nitrogens with zero attached hydrogens (tertiary/aromatic N) is 1. The van der Waals surface area contributed by atoms with E-state index in [1.807, 2.05) is 0 Å². The number of ether oxygens (including phenoxy) is 1. The van der Waals surface area contributed by atoms with E-state index < -0.39 is 5.97 Å². The Balaban J connectivity index is 2.14. The molecule has 0 bridgehead atoms. The van der Waals surface area contributed by atoms with Gasteiger partial charge in [0.25, 0.3) is 0 Å². The maximum absolute atomic E-state index is 13.2. The average Bonchev–Trinajstić information content (AvgIpc) is 3.14. The Morgan fingerprint density at radius 1 is 1.07 bits per heavy atom. The molecular weight excluding hydrogens is 366 g/mol. The number of halogens is 1. The first-order valence-corrected chi connectivity index (χ1v) is 8.45. The van der Waals surface area contributed by atoms with Crippen molar-refractivity contribution in [3.05, 3.63) is 88.7 Å². The van der Waals surface area contributed by atoms with Crippen LogP contribution in [0.4, 0.5) is 0 Å². The molecule has 0 saturated carbocycles. The Morgan fingerprint density at radius 3 is 2.59 bits per heavy atom. The number of hydrogen-bond donors (Lipinski definition) is 1. The van der Waals surface area contributed by atoms with Gasteiger partial charge in [-0.25, -0.2) is 4.79 Å². The highest BCUT2D eigenvalue weighted by Gasteiger charge is 2.19. The Morgan fingerprint density at radius 2 is 1.85 bits per heavy atom. The van der Waals surface area contributed by atoms with E-state index in [0.29, 0.717) is 33.3 Å². The topological polar surface area (TPSA) is 68.5 Å². The number of methoxy groups -OCH3 is 1. The lowest BCUT2D eigenvalue weighted by atomic mass is 10.0. The first kappa shape index (κ1) is 18.5. The second kappa shape index (κ2) is 7.93. The zero-order valence-corrected chi connectivity index (χ0v) is 15.2. The van der Waals surface area contributed by atoms with E-state index in [4.69, 9.17) is 21.4 Å². The number of rotatable bonds is 6. The van der Waals surface area contributed by atoms with Gasteiger partial charge in [-0.1, -0.05) is 23.7 Å². The summed E-state index contributed by atoms with van der Waals surface area (Å²) in [6.45, 7) is 0. The number of benzene rings is 2. The molecule has 0 amide bonds. The molecule has 3 aromatic rings. The van der Waals surface area contributed by atoms with Gasteiger partial charge in [0.15, 0.2) is 5.78 Å². The fourth-order valence-corrected chi connectivity index (χ4v) is 2.96. The predicted molar refractivity (Wildman–Crippen MR) is 104 cm³/mol. The Hall–Kier alpha value is -3.31. The molecule has 1 aromatic heterocycles. The van der Waals surface area contributed by atoms with Crippen LogP contribution in [0.5, 0.6) is 5.75 Å². The zero-order chi connectivity index (χ0) is 19.4. The first-order valence-electron chi connectivity index (χ1n) is 8.07. The maximum Gasteiger partial charge on any atom is 0.328 e. The van der Waals surface area contributed by atoms with E-state index in [2.05, 4.69) is 0 Å². The normalized spacial score (nSPS) is 10.9. The van der Waals surface area contributed by atoms with Crippen LogP contribution >= 0.6 is 11.6 Å². The number of carbonyl (C=O) groups excluding carboxylic acids is 1. The minimum atomic E-state index is -1.05. The number of para-hydroxylation sites is 1. The van der Waals surface area contributed by atoms with Crippen LogP contribution in [0.2, 0.25) is 5.02 Å². The van der Waals surface area contributed by atoms with Crippen molar-refractivity contribution in [3.8, 4) is 11.4 Å². The van der Waals surface area contributed by atoms with E-state index in [9.17, 15) is 9.59 Å². The van der Waals surface area contributed by atoms with Crippen LogP contribution in [-0.4, -0.2) is 28.5 Å². The van der Waals surface area contributed by atoms with Crippen LogP contribution in [-0.2, 0) is 4.79 Å². The van der Waals surface area contributed by atoms with Gasteiger partial charge < -0.3 is 14.4 Å². The van der Waals surface area contributed by atoms with Crippen LogP contribution in [0.3, 0.4) is 0 Å². The molecule has 0 saturated heterocycles. The van der Waals surface area contributed by atoms with E-state index in [1.54, 1.807) is 65.4 Å². The summed E-state index contributed by atoms with van der Waals surface area (Å²) >= 11 is 6.14. The Kier molecular flexibility index (Phi) is 5.43. The highest BCUT2D eigenvalue weighted by molar-refractivity contribution is 6.31. The predicted octanol–water partition coefficient (Wildman–Crippen LogP) is 4.47.